The summed E-state index contributed by atoms with van der Waals surface area (Å²) in [6, 6.07) is 16.3. The summed E-state index contributed by atoms with van der Waals surface area (Å²) in [6.07, 6.45) is -1.61. The molecule has 0 radical (unpaired) electrons. The van der Waals surface area contributed by atoms with Crippen molar-refractivity contribution in [2.24, 2.45) is 0 Å². The van der Waals surface area contributed by atoms with Crippen molar-refractivity contribution in [3.05, 3.63) is 101 Å². The van der Waals surface area contributed by atoms with Crippen LogP contribution in [0, 0.1) is 5.82 Å². The van der Waals surface area contributed by atoms with E-state index in [1.54, 1.807) is 26.2 Å². The lowest BCUT2D eigenvalue weighted by atomic mass is 10.0. The number of ether oxygens (including phenoxy) is 3. The smallest absolute Gasteiger partial charge is 0.416 e. The van der Waals surface area contributed by atoms with Crippen molar-refractivity contribution in [3.63, 3.8) is 0 Å². The van der Waals surface area contributed by atoms with E-state index in [1.165, 1.54) is 24.4 Å². The van der Waals surface area contributed by atoms with Crippen LogP contribution in [-0.2, 0) is 24.0 Å². The number of methoxy groups -OCH3 is 1. The number of nitrogens with zero attached hydrogens (tertiary/aromatic N) is 2. The zero-order valence-electron chi connectivity index (χ0n) is 28.6. The minimum absolute atomic E-state index is 0.0164. The number of carbonyl (C=O) groups excluding carboxylic acids is 2. The highest BCUT2D eigenvalue weighted by Gasteiger charge is 2.32. The average molecular weight is 709 g/mol. The van der Waals surface area contributed by atoms with Crippen molar-refractivity contribution in [1.82, 2.24) is 15.2 Å². The number of anilines is 1. The molecular weight excluding hydrogens is 668 g/mol. The third kappa shape index (κ3) is 9.97. The quantitative estimate of drug-likeness (QED) is 0.133. The molecule has 5 rings (SSSR count). The van der Waals surface area contributed by atoms with Crippen LogP contribution in [0.25, 0.3) is 11.1 Å². The summed E-state index contributed by atoms with van der Waals surface area (Å²) >= 11 is 0. The van der Waals surface area contributed by atoms with Gasteiger partial charge in [0.05, 0.1) is 25.7 Å². The molecule has 13 heteroatoms. The van der Waals surface area contributed by atoms with Crippen LogP contribution in [0.1, 0.15) is 53.7 Å². The van der Waals surface area contributed by atoms with Gasteiger partial charge in [0.15, 0.2) is 0 Å². The molecule has 0 aliphatic carbocycles. The summed E-state index contributed by atoms with van der Waals surface area (Å²) in [5.41, 5.74) is 0.272. The van der Waals surface area contributed by atoms with Crippen LogP contribution in [0.4, 0.5) is 23.2 Å². The molecule has 2 N–H and O–H groups in total. The zero-order valence-corrected chi connectivity index (χ0v) is 28.6. The van der Waals surface area contributed by atoms with E-state index >= 15 is 4.39 Å². The molecule has 2 amide bonds. The van der Waals surface area contributed by atoms with E-state index in [2.05, 4.69) is 27.4 Å². The molecule has 3 aromatic carbocycles. The highest BCUT2D eigenvalue weighted by Crippen LogP contribution is 2.34. The molecule has 1 atom stereocenters. The highest BCUT2D eigenvalue weighted by molar-refractivity contribution is 5.98. The van der Waals surface area contributed by atoms with Crippen LogP contribution in [0.5, 0.6) is 17.4 Å². The lowest BCUT2D eigenvalue weighted by Crippen LogP contribution is -2.36. The Morgan fingerprint density at radius 3 is 2.47 bits per heavy atom. The van der Waals surface area contributed by atoms with Gasteiger partial charge in [-0.1, -0.05) is 24.3 Å². The van der Waals surface area contributed by atoms with Crippen molar-refractivity contribution in [2.75, 3.05) is 38.7 Å². The number of amides is 2. The largest absolute Gasteiger partial charge is 0.497 e. The Bertz CT molecular complexity index is 1830. The maximum atomic E-state index is 15.4. The summed E-state index contributed by atoms with van der Waals surface area (Å²) in [5, 5.41) is 5.06. The highest BCUT2D eigenvalue weighted by atomic mass is 19.4. The maximum Gasteiger partial charge on any atom is 0.416 e. The molecular formula is C38H40F4N4O5. The van der Waals surface area contributed by atoms with Crippen molar-refractivity contribution in [1.29, 1.82) is 0 Å². The molecule has 0 saturated carbocycles. The van der Waals surface area contributed by atoms with E-state index in [0.29, 0.717) is 41.9 Å². The topological polar surface area (TPSA) is 102 Å². The van der Waals surface area contributed by atoms with Crippen LogP contribution >= 0.6 is 0 Å². The van der Waals surface area contributed by atoms with E-state index in [4.69, 9.17) is 14.2 Å². The first-order valence-electron chi connectivity index (χ1n) is 16.6. The van der Waals surface area contributed by atoms with Crippen molar-refractivity contribution in [3.8, 4) is 28.5 Å². The Morgan fingerprint density at radius 2 is 1.80 bits per heavy atom. The number of halogens is 4. The van der Waals surface area contributed by atoms with Crippen LogP contribution < -0.4 is 24.8 Å². The second kappa shape index (κ2) is 16.7. The van der Waals surface area contributed by atoms with Crippen molar-refractivity contribution >= 4 is 17.5 Å². The predicted octanol–water partition coefficient (Wildman–Crippen LogP) is 7.29. The summed E-state index contributed by atoms with van der Waals surface area (Å²) in [5.74, 6) is -0.715. The molecule has 1 aromatic heterocycles. The number of aromatic nitrogens is 1. The van der Waals surface area contributed by atoms with Gasteiger partial charge in [-0.15, -0.1) is 0 Å². The van der Waals surface area contributed by atoms with Gasteiger partial charge in [-0.3, -0.25) is 14.5 Å². The SMILES string of the molecule is CCOc1cc(OCc2ccc(OC)cc2)ncc1-c1ccc(CC(=O)Nc2cc(C(=O)NCCN3CCC[C@@H]3C)cc(C(F)(F)F)c2)c(F)c1. The molecule has 1 saturated heterocycles. The molecule has 9 nitrogen and oxygen atoms in total. The van der Waals surface area contributed by atoms with E-state index in [-0.39, 0.29) is 30.0 Å². The van der Waals surface area contributed by atoms with Gasteiger partial charge >= 0.3 is 6.18 Å². The number of hydrogen-bond acceptors (Lipinski definition) is 7. The first-order chi connectivity index (χ1) is 24.4. The zero-order chi connectivity index (χ0) is 36.5. The number of hydrogen-bond donors (Lipinski definition) is 2. The summed E-state index contributed by atoms with van der Waals surface area (Å²) in [4.78, 5) is 32.3. The van der Waals surface area contributed by atoms with Gasteiger partial charge in [0.2, 0.25) is 11.8 Å². The molecule has 270 valence electrons. The van der Waals surface area contributed by atoms with E-state index in [0.717, 1.165) is 42.8 Å². The third-order valence-corrected chi connectivity index (χ3v) is 8.58. The van der Waals surface area contributed by atoms with Gasteiger partial charge in [-0.05, 0) is 86.3 Å². The van der Waals surface area contributed by atoms with Gasteiger partial charge in [-0.2, -0.15) is 13.2 Å². The first-order valence-corrected chi connectivity index (χ1v) is 16.6. The second-order valence-corrected chi connectivity index (χ2v) is 12.2. The molecule has 2 heterocycles. The Hall–Kier alpha value is -5.17. The fourth-order valence-corrected chi connectivity index (χ4v) is 5.84. The van der Waals surface area contributed by atoms with Crippen LogP contribution in [0.2, 0.25) is 0 Å². The molecule has 4 aromatic rings. The Labute approximate surface area is 293 Å². The number of likely N-dealkylation sites (tertiary alicyclic amines) is 1. The molecule has 1 fully saturated rings. The Balaban J connectivity index is 1.25. The molecule has 0 bridgehead atoms. The molecule has 1 aliphatic rings. The number of rotatable bonds is 14. The lowest BCUT2D eigenvalue weighted by molar-refractivity contribution is -0.137. The molecule has 0 spiro atoms. The Kier molecular flexibility index (Phi) is 12.1. The standard InChI is InChI=1S/C38H40F4N4O5/c1-4-50-34-21-36(51-23-25-7-11-31(49-3)12-8-25)44-22-32(34)26-9-10-27(33(39)18-26)19-35(47)45-30-17-28(16-29(20-30)38(40,41)42)37(48)43-13-15-46-14-5-6-24(46)2/h7-12,16-18,20-22,24H,4-6,13-15,19,23H2,1-3H3,(H,43,48)(H,45,47)/t24-/m0/s1. The summed E-state index contributed by atoms with van der Waals surface area (Å²) < 4.78 is 73.3. The van der Waals surface area contributed by atoms with Crippen LogP contribution in [-0.4, -0.2) is 61.1 Å². The van der Waals surface area contributed by atoms with E-state index in [9.17, 15) is 22.8 Å². The van der Waals surface area contributed by atoms with Crippen molar-refractivity contribution < 1.29 is 41.4 Å². The van der Waals surface area contributed by atoms with Gasteiger partial charge < -0.3 is 24.8 Å². The Morgan fingerprint density at radius 1 is 1.02 bits per heavy atom. The lowest BCUT2D eigenvalue weighted by Gasteiger charge is -2.21. The monoisotopic (exact) mass is 708 g/mol. The molecule has 0 unspecified atom stereocenters. The average Bonchev–Trinajstić information content (AvgIpc) is 3.52. The first kappa shape index (κ1) is 37.1. The predicted molar refractivity (Wildman–Crippen MR) is 185 cm³/mol. The normalized spacial score (nSPS) is 14.6. The minimum Gasteiger partial charge on any atom is -0.497 e. The number of alkyl halides is 3. The van der Waals surface area contributed by atoms with E-state index < -0.39 is 35.8 Å². The van der Waals surface area contributed by atoms with E-state index in [1.807, 2.05) is 24.3 Å². The third-order valence-electron chi connectivity index (χ3n) is 8.58. The minimum atomic E-state index is -4.77. The molecule has 1 aliphatic heterocycles. The number of nitrogens with one attached hydrogen (secondary N) is 2. The number of pyridine rings is 1. The number of benzene rings is 3. The number of carbonyl (C=O) groups is 2. The fraction of sp³-hybridized carbons (Fsp3) is 0.342. The van der Waals surface area contributed by atoms with Crippen molar-refractivity contribution in [2.45, 2.75) is 51.9 Å². The summed E-state index contributed by atoms with van der Waals surface area (Å²) in [7, 11) is 1.59. The van der Waals surface area contributed by atoms with Gasteiger partial charge in [-0.25, -0.2) is 9.37 Å². The maximum absolute atomic E-state index is 15.4. The molecule has 51 heavy (non-hydrogen) atoms. The second-order valence-electron chi connectivity index (χ2n) is 12.2. The van der Waals surface area contributed by atoms with Gasteiger partial charge in [0.1, 0.15) is 23.9 Å². The van der Waals surface area contributed by atoms with Crippen LogP contribution in [0.15, 0.2) is 72.9 Å². The fourth-order valence-electron chi connectivity index (χ4n) is 5.84. The summed E-state index contributed by atoms with van der Waals surface area (Å²) in [6.45, 7) is 6.22. The van der Waals surface area contributed by atoms with Gasteiger partial charge in [0, 0.05) is 48.2 Å². The van der Waals surface area contributed by atoms with Crippen LogP contribution in [0.3, 0.4) is 0 Å². The van der Waals surface area contributed by atoms with Gasteiger partial charge in [0.25, 0.3) is 5.91 Å².